The maximum absolute atomic E-state index is 11.9. The smallest absolute Gasteiger partial charge is 0.308 e. The van der Waals surface area contributed by atoms with E-state index in [4.69, 9.17) is 32.7 Å². The van der Waals surface area contributed by atoms with Gasteiger partial charge >= 0.3 is 5.97 Å². The second-order valence-electron chi connectivity index (χ2n) is 18.0. The molecule has 0 bridgehead atoms. The van der Waals surface area contributed by atoms with Crippen LogP contribution in [-0.2, 0) is 22.8 Å². The van der Waals surface area contributed by atoms with Crippen molar-refractivity contribution in [3.8, 4) is 17.0 Å². The summed E-state index contributed by atoms with van der Waals surface area (Å²) in [5.41, 5.74) is 2.37. The molecule has 0 spiro atoms. The second-order valence-corrected chi connectivity index (χ2v) is 32.3. The molecule has 0 unspecified atom stereocenters. The standard InChI is InChI=1S/C36H60N4O6Si3/c1-24(41)43-26-20-18-17-19-25(26)28-29-32(38-22-37-28)40(23-39-29)33-31(46-49(15,16)36(8,9)10)30(45-48(13,14)35(5,6)7)27(44-33)21-42-47(11,12)34(2,3)4/h17-20,22-23,27,30-31,33H,21H2,1-16H3/t27-,30-,31-,33-/m1/s1. The highest BCUT2D eigenvalue weighted by molar-refractivity contribution is 6.75. The predicted octanol–water partition coefficient (Wildman–Crippen LogP) is 9.12. The van der Waals surface area contributed by atoms with Crippen LogP contribution in [0.25, 0.3) is 22.4 Å². The van der Waals surface area contributed by atoms with Crippen LogP contribution in [0, 0.1) is 0 Å². The highest BCUT2D eigenvalue weighted by atomic mass is 28.4. The van der Waals surface area contributed by atoms with E-state index >= 15 is 0 Å². The zero-order valence-electron chi connectivity index (χ0n) is 32.7. The minimum atomic E-state index is -2.35. The highest BCUT2D eigenvalue weighted by Gasteiger charge is 2.55. The van der Waals surface area contributed by atoms with E-state index in [9.17, 15) is 4.79 Å². The van der Waals surface area contributed by atoms with Crippen molar-refractivity contribution in [2.24, 2.45) is 0 Å². The molecule has 4 atom stereocenters. The molecule has 2 aromatic heterocycles. The van der Waals surface area contributed by atoms with E-state index in [0.29, 0.717) is 34.8 Å². The lowest BCUT2D eigenvalue weighted by molar-refractivity contribution is -0.131. The summed E-state index contributed by atoms with van der Waals surface area (Å²) in [4.78, 5) is 26.1. The number of nitrogens with zero attached hydrogens (tertiary/aromatic N) is 4. The summed E-state index contributed by atoms with van der Waals surface area (Å²) >= 11 is 0. The van der Waals surface area contributed by atoms with Crippen LogP contribution in [0.1, 0.15) is 75.5 Å². The Morgan fingerprint density at radius 2 is 1.35 bits per heavy atom. The van der Waals surface area contributed by atoms with E-state index in [1.807, 2.05) is 22.8 Å². The van der Waals surface area contributed by atoms with Gasteiger partial charge in [0.1, 0.15) is 41.6 Å². The number of carbonyl (C=O) groups excluding carboxylic acids is 1. The molecule has 10 nitrogen and oxygen atoms in total. The Hall–Kier alpha value is -2.27. The van der Waals surface area contributed by atoms with Crippen molar-refractivity contribution in [3.05, 3.63) is 36.9 Å². The van der Waals surface area contributed by atoms with E-state index in [1.54, 1.807) is 12.4 Å². The van der Waals surface area contributed by atoms with Crippen LogP contribution < -0.4 is 4.74 Å². The molecular formula is C36H60N4O6Si3. The summed E-state index contributed by atoms with van der Waals surface area (Å²) in [6.45, 7) is 35.7. The fourth-order valence-corrected chi connectivity index (χ4v) is 8.63. The van der Waals surface area contributed by atoms with Gasteiger partial charge in [0.15, 0.2) is 36.8 Å². The summed E-state index contributed by atoms with van der Waals surface area (Å²) in [6.07, 6.45) is 1.46. The number of esters is 1. The normalized spacial score (nSPS) is 21.4. The van der Waals surface area contributed by atoms with Crippen molar-refractivity contribution in [1.82, 2.24) is 19.5 Å². The molecule has 49 heavy (non-hydrogen) atoms. The Morgan fingerprint density at radius 3 is 1.90 bits per heavy atom. The van der Waals surface area contributed by atoms with E-state index < -0.39 is 43.3 Å². The number of para-hydroxylation sites is 1. The summed E-state index contributed by atoms with van der Waals surface area (Å²) in [7, 11) is -6.78. The monoisotopic (exact) mass is 728 g/mol. The SMILES string of the molecule is CC(=O)Oc1ccccc1-c1ncnc2c1ncn2[C@@H]1O[C@H](CO[Si](C)(C)C(C)(C)C)[C@@H](O[Si](C)(C)C(C)(C)C)[C@H]1O[Si](C)(C)C(C)(C)C. The van der Waals surface area contributed by atoms with Gasteiger partial charge < -0.3 is 22.8 Å². The summed E-state index contributed by atoms with van der Waals surface area (Å²) in [5.74, 6) is -0.00142. The lowest BCUT2D eigenvalue weighted by Gasteiger charge is -2.44. The van der Waals surface area contributed by atoms with E-state index in [1.165, 1.54) is 13.3 Å². The number of ether oxygens (including phenoxy) is 2. The molecule has 1 saturated heterocycles. The van der Waals surface area contributed by atoms with Crippen LogP contribution in [0.2, 0.25) is 54.4 Å². The number of rotatable bonds is 10. The molecule has 0 amide bonds. The molecule has 0 radical (unpaired) electrons. The van der Waals surface area contributed by atoms with Gasteiger partial charge in [-0.15, -0.1) is 0 Å². The zero-order chi connectivity index (χ0) is 37.0. The Kier molecular flexibility index (Phi) is 11.0. The van der Waals surface area contributed by atoms with Gasteiger partial charge in [0.25, 0.3) is 0 Å². The van der Waals surface area contributed by atoms with Crippen molar-refractivity contribution in [3.63, 3.8) is 0 Å². The predicted molar refractivity (Wildman–Crippen MR) is 203 cm³/mol. The van der Waals surface area contributed by atoms with Crippen molar-refractivity contribution in [2.75, 3.05) is 6.61 Å². The van der Waals surface area contributed by atoms with Crippen molar-refractivity contribution in [2.45, 2.75) is 148 Å². The van der Waals surface area contributed by atoms with Crippen LogP contribution in [0.15, 0.2) is 36.9 Å². The molecule has 4 rings (SSSR count). The quantitative estimate of drug-likeness (QED) is 0.115. The number of imidazole rings is 1. The van der Waals surface area contributed by atoms with E-state index in [0.717, 1.165) is 0 Å². The Bertz CT molecular complexity index is 1640. The second kappa shape index (κ2) is 13.7. The van der Waals surface area contributed by atoms with Crippen LogP contribution in [-0.4, -0.2) is 75.4 Å². The maximum Gasteiger partial charge on any atom is 0.308 e. The van der Waals surface area contributed by atoms with Gasteiger partial charge in [-0.25, -0.2) is 15.0 Å². The number of carbonyl (C=O) groups is 1. The Balaban J connectivity index is 1.89. The third kappa shape index (κ3) is 8.29. The molecule has 3 heterocycles. The van der Waals surface area contributed by atoms with Crippen LogP contribution in [0.5, 0.6) is 5.75 Å². The Morgan fingerprint density at radius 1 is 0.796 bits per heavy atom. The third-order valence-electron chi connectivity index (χ3n) is 11.2. The zero-order valence-corrected chi connectivity index (χ0v) is 35.7. The van der Waals surface area contributed by atoms with Gasteiger partial charge in [0.05, 0.1) is 12.9 Å². The summed E-state index contributed by atoms with van der Waals surface area (Å²) in [5, 5.41) is -0.0493. The number of benzene rings is 1. The lowest BCUT2D eigenvalue weighted by atomic mass is 10.1. The van der Waals surface area contributed by atoms with Gasteiger partial charge in [-0.1, -0.05) is 74.4 Å². The molecule has 0 N–H and O–H groups in total. The van der Waals surface area contributed by atoms with E-state index in [2.05, 4.69) is 107 Å². The first-order valence-electron chi connectivity index (χ1n) is 17.4. The first-order valence-corrected chi connectivity index (χ1v) is 26.1. The maximum atomic E-state index is 11.9. The minimum Gasteiger partial charge on any atom is -0.426 e. The minimum absolute atomic E-state index is 0.0311. The summed E-state index contributed by atoms with van der Waals surface area (Å²) in [6, 6.07) is 7.32. The molecule has 1 fully saturated rings. The van der Waals surface area contributed by atoms with Crippen LogP contribution in [0.3, 0.4) is 0 Å². The fourth-order valence-electron chi connectivity index (χ4n) is 5.02. The number of fused-ring (bicyclic) bond motifs is 1. The van der Waals surface area contributed by atoms with Gasteiger partial charge in [0.2, 0.25) is 0 Å². The van der Waals surface area contributed by atoms with Gasteiger partial charge in [-0.3, -0.25) is 9.36 Å². The van der Waals surface area contributed by atoms with Gasteiger partial charge in [-0.2, -0.15) is 0 Å². The molecule has 1 aromatic carbocycles. The molecule has 272 valence electrons. The average Bonchev–Trinajstić information content (AvgIpc) is 3.51. The summed E-state index contributed by atoms with van der Waals surface area (Å²) < 4.78 is 36.1. The van der Waals surface area contributed by atoms with Crippen LogP contribution in [0.4, 0.5) is 0 Å². The van der Waals surface area contributed by atoms with Crippen LogP contribution >= 0.6 is 0 Å². The first-order chi connectivity index (χ1) is 22.3. The molecule has 1 aliphatic rings. The number of hydrogen-bond donors (Lipinski definition) is 0. The molecule has 0 saturated carbocycles. The number of aromatic nitrogens is 4. The molecule has 13 heteroatoms. The highest BCUT2D eigenvalue weighted by Crippen LogP contribution is 2.47. The fraction of sp³-hybridized carbons (Fsp3) is 0.667. The average molecular weight is 729 g/mol. The largest absolute Gasteiger partial charge is 0.426 e. The molecule has 1 aliphatic heterocycles. The van der Waals surface area contributed by atoms with Gasteiger partial charge in [-0.05, 0) is 66.5 Å². The Labute approximate surface area is 297 Å². The topological polar surface area (TPSA) is 107 Å². The van der Waals surface area contributed by atoms with Crippen molar-refractivity contribution < 1.29 is 27.5 Å². The van der Waals surface area contributed by atoms with E-state index in [-0.39, 0.29) is 27.3 Å². The molecule has 0 aliphatic carbocycles. The van der Waals surface area contributed by atoms with Crippen molar-refractivity contribution >= 4 is 42.1 Å². The number of hydrogen-bond acceptors (Lipinski definition) is 9. The lowest BCUT2D eigenvalue weighted by Crippen LogP contribution is -2.54. The first kappa shape index (κ1) is 39.5. The van der Waals surface area contributed by atoms with Crippen molar-refractivity contribution in [1.29, 1.82) is 0 Å². The molecular weight excluding hydrogens is 669 g/mol. The third-order valence-corrected chi connectivity index (χ3v) is 24.7. The van der Waals surface area contributed by atoms with Gasteiger partial charge in [0, 0.05) is 12.5 Å². The molecule has 3 aromatic rings.